The zero-order chi connectivity index (χ0) is 22.9. The van der Waals surface area contributed by atoms with E-state index >= 15 is 4.39 Å². The van der Waals surface area contributed by atoms with E-state index in [0.717, 1.165) is 36.4 Å². The van der Waals surface area contributed by atoms with Crippen molar-refractivity contribution in [2.24, 2.45) is 0 Å². The molecule has 0 amide bonds. The number of benzene rings is 2. The number of nitrogens with zero attached hydrogens (tertiary/aromatic N) is 4. The zero-order valence-electron chi connectivity index (χ0n) is 18.7. The fraction of sp³-hybridized carbons (Fsp3) is 0.320. The van der Waals surface area contributed by atoms with Crippen molar-refractivity contribution >= 4 is 28.4 Å². The third-order valence-corrected chi connectivity index (χ3v) is 6.93. The normalized spacial score (nSPS) is 14.2. The summed E-state index contributed by atoms with van der Waals surface area (Å²) in [4.78, 5) is 21.0. The third-order valence-electron chi connectivity index (χ3n) is 6.19. The number of aromatic nitrogens is 3. The fourth-order valence-electron chi connectivity index (χ4n) is 4.38. The minimum atomic E-state index is -0.374. The lowest BCUT2D eigenvalue weighted by Crippen LogP contribution is -2.30. The summed E-state index contributed by atoms with van der Waals surface area (Å²) >= 11 is 1.65. The number of pyridine rings is 1. The van der Waals surface area contributed by atoms with E-state index in [1.807, 2.05) is 42.0 Å². The lowest BCUT2D eigenvalue weighted by atomic mass is 10.1. The maximum atomic E-state index is 15.1. The predicted octanol–water partition coefficient (Wildman–Crippen LogP) is 5.59. The van der Waals surface area contributed by atoms with Gasteiger partial charge < -0.3 is 14.0 Å². The van der Waals surface area contributed by atoms with Gasteiger partial charge in [0, 0.05) is 41.7 Å². The molecule has 0 aliphatic carbocycles. The lowest BCUT2D eigenvalue weighted by molar-refractivity contribution is 0.431. The molecular weight excluding hydrogens is 439 g/mol. The van der Waals surface area contributed by atoms with E-state index in [1.165, 1.54) is 12.5 Å². The van der Waals surface area contributed by atoms with Gasteiger partial charge in [0.2, 0.25) is 11.3 Å². The Morgan fingerprint density at radius 1 is 1.12 bits per heavy atom. The molecule has 1 saturated heterocycles. The average molecular weight is 465 g/mol. The molecule has 0 unspecified atom stereocenters. The van der Waals surface area contributed by atoms with Gasteiger partial charge in [0.15, 0.2) is 0 Å². The number of hydrogen-bond acceptors (Lipinski definition) is 6. The van der Waals surface area contributed by atoms with Crippen LogP contribution in [0.15, 0.2) is 56.8 Å². The number of halogens is 1. The summed E-state index contributed by atoms with van der Waals surface area (Å²) in [6.07, 6.45) is 7.02. The summed E-state index contributed by atoms with van der Waals surface area (Å²) < 4.78 is 22.5. The summed E-state index contributed by atoms with van der Waals surface area (Å²) in [6, 6.07) is 11.0. The second-order valence-electron chi connectivity index (χ2n) is 8.18. The van der Waals surface area contributed by atoms with E-state index < -0.39 is 0 Å². The van der Waals surface area contributed by atoms with E-state index in [9.17, 15) is 4.79 Å². The van der Waals surface area contributed by atoms with Crippen molar-refractivity contribution in [1.82, 2.24) is 14.7 Å². The van der Waals surface area contributed by atoms with Crippen molar-refractivity contribution in [3.05, 3.63) is 58.6 Å². The number of aryl methyl sites for hydroxylation is 1. The highest BCUT2D eigenvalue weighted by atomic mass is 32.2. The lowest BCUT2D eigenvalue weighted by Gasteiger charge is -2.29. The quantitative estimate of drug-likeness (QED) is 0.359. The van der Waals surface area contributed by atoms with Crippen molar-refractivity contribution < 1.29 is 8.91 Å². The number of thioether (sulfide) groups is 1. The first-order valence-corrected chi connectivity index (χ1v) is 12.4. The number of rotatable bonds is 5. The van der Waals surface area contributed by atoms with E-state index in [0.29, 0.717) is 29.0 Å². The van der Waals surface area contributed by atoms with Gasteiger partial charge in [0.05, 0.1) is 11.2 Å². The molecule has 2 aromatic carbocycles. The Bertz CT molecular complexity index is 1360. The summed E-state index contributed by atoms with van der Waals surface area (Å²) in [6.45, 7) is 4.27. The molecule has 33 heavy (non-hydrogen) atoms. The van der Waals surface area contributed by atoms with Gasteiger partial charge in [-0.25, -0.2) is 4.39 Å². The molecular formula is C25H25FN4O2S. The largest absolute Gasteiger partial charge is 0.369 e. The molecule has 0 N–H and O–H groups in total. The molecule has 0 bridgehead atoms. The Morgan fingerprint density at radius 3 is 2.58 bits per heavy atom. The molecule has 1 fully saturated rings. The average Bonchev–Trinajstić information content (AvgIpc) is 3.35. The second kappa shape index (κ2) is 9.02. The summed E-state index contributed by atoms with van der Waals surface area (Å²) in [7, 11) is 0. The smallest absolute Gasteiger partial charge is 0.263 e. The first-order chi connectivity index (χ1) is 16.1. The number of piperidine rings is 1. The Kier molecular flexibility index (Phi) is 5.93. The van der Waals surface area contributed by atoms with Crippen molar-refractivity contribution in [3.63, 3.8) is 0 Å². The van der Waals surface area contributed by atoms with Crippen LogP contribution in [0.5, 0.6) is 0 Å². The monoisotopic (exact) mass is 464 g/mol. The van der Waals surface area contributed by atoms with Crippen LogP contribution in [0.4, 0.5) is 10.1 Å². The van der Waals surface area contributed by atoms with Gasteiger partial charge >= 0.3 is 0 Å². The van der Waals surface area contributed by atoms with Crippen LogP contribution in [0, 0.1) is 5.82 Å². The Labute approximate surface area is 195 Å². The molecule has 0 radical (unpaired) electrons. The first-order valence-electron chi connectivity index (χ1n) is 11.2. The van der Waals surface area contributed by atoms with Gasteiger partial charge in [-0.2, -0.15) is 4.98 Å². The summed E-state index contributed by atoms with van der Waals surface area (Å²) in [5, 5.41) is 4.38. The molecule has 0 spiro atoms. The van der Waals surface area contributed by atoms with Crippen LogP contribution in [0.1, 0.15) is 26.2 Å². The van der Waals surface area contributed by atoms with Crippen LogP contribution in [0.25, 0.3) is 33.7 Å². The van der Waals surface area contributed by atoms with Crippen molar-refractivity contribution in [1.29, 1.82) is 0 Å². The maximum absolute atomic E-state index is 15.1. The maximum Gasteiger partial charge on any atom is 0.263 e. The minimum absolute atomic E-state index is 0.133. The van der Waals surface area contributed by atoms with Gasteiger partial charge in [-0.05, 0) is 68.8 Å². The van der Waals surface area contributed by atoms with Crippen LogP contribution in [-0.2, 0) is 6.54 Å². The molecule has 4 aromatic rings. The summed E-state index contributed by atoms with van der Waals surface area (Å²) in [5.74, 6) is 0.168. The van der Waals surface area contributed by atoms with Crippen molar-refractivity contribution in [2.45, 2.75) is 37.6 Å². The SMILES string of the molecule is CCn1cc(-c2nc(-c3ccc(SC)cc3)no2)c(=O)c2cc(F)c(N3CCCCC3)cc21. The van der Waals surface area contributed by atoms with Crippen LogP contribution < -0.4 is 10.3 Å². The molecule has 8 heteroatoms. The zero-order valence-corrected chi connectivity index (χ0v) is 19.5. The van der Waals surface area contributed by atoms with E-state index in [4.69, 9.17) is 4.52 Å². The Morgan fingerprint density at radius 2 is 1.88 bits per heavy atom. The number of hydrogen-bond donors (Lipinski definition) is 0. The first kappa shape index (κ1) is 21.7. The molecule has 170 valence electrons. The highest BCUT2D eigenvalue weighted by molar-refractivity contribution is 7.98. The van der Waals surface area contributed by atoms with Crippen LogP contribution in [-0.4, -0.2) is 34.1 Å². The van der Waals surface area contributed by atoms with Gasteiger partial charge in [-0.3, -0.25) is 4.79 Å². The van der Waals surface area contributed by atoms with Gasteiger partial charge in [0.25, 0.3) is 5.89 Å². The molecule has 5 rings (SSSR count). The van der Waals surface area contributed by atoms with E-state index in [2.05, 4.69) is 15.0 Å². The summed E-state index contributed by atoms with van der Waals surface area (Å²) in [5.41, 5.74) is 2.03. The second-order valence-corrected chi connectivity index (χ2v) is 9.06. The third kappa shape index (κ3) is 4.04. The molecule has 6 nitrogen and oxygen atoms in total. The van der Waals surface area contributed by atoms with Crippen molar-refractivity contribution in [3.8, 4) is 22.8 Å². The van der Waals surface area contributed by atoms with Crippen LogP contribution in [0.3, 0.4) is 0 Å². The molecule has 0 saturated carbocycles. The Hall–Kier alpha value is -3.13. The highest BCUT2D eigenvalue weighted by Gasteiger charge is 2.21. The Balaban J connectivity index is 1.59. The van der Waals surface area contributed by atoms with E-state index in [-0.39, 0.29) is 22.7 Å². The highest BCUT2D eigenvalue weighted by Crippen LogP contribution is 2.29. The van der Waals surface area contributed by atoms with Crippen LogP contribution in [0.2, 0.25) is 0 Å². The van der Waals surface area contributed by atoms with Crippen LogP contribution >= 0.6 is 11.8 Å². The molecule has 2 aromatic heterocycles. The topological polar surface area (TPSA) is 64.2 Å². The number of anilines is 1. The molecule has 3 heterocycles. The van der Waals surface area contributed by atoms with Gasteiger partial charge in [-0.15, -0.1) is 11.8 Å². The van der Waals surface area contributed by atoms with Gasteiger partial charge in [-0.1, -0.05) is 5.16 Å². The predicted molar refractivity (Wildman–Crippen MR) is 130 cm³/mol. The number of fused-ring (bicyclic) bond motifs is 1. The van der Waals surface area contributed by atoms with Crippen molar-refractivity contribution in [2.75, 3.05) is 24.2 Å². The standard InChI is InChI=1S/C25H25FN4O2S/c1-3-29-15-19(25-27-24(28-32-25)16-7-9-17(33-2)10-8-16)23(31)18-13-20(26)22(14-21(18)29)30-11-5-4-6-12-30/h7-10,13-15H,3-6,11-12H2,1-2H3. The van der Waals surface area contributed by atoms with E-state index in [1.54, 1.807) is 24.0 Å². The molecule has 0 atom stereocenters. The molecule has 1 aliphatic rings. The minimum Gasteiger partial charge on any atom is -0.369 e. The fourth-order valence-corrected chi connectivity index (χ4v) is 4.79. The molecule has 1 aliphatic heterocycles. The van der Waals surface area contributed by atoms with Gasteiger partial charge in [0.1, 0.15) is 11.4 Å².